The molecule has 2 N–H and O–H groups in total. The maximum absolute atomic E-state index is 11.0. The van der Waals surface area contributed by atoms with Crippen LogP contribution in [-0.2, 0) is 9.59 Å². The van der Waals surface area contributed by atoms with Crippen molar-refractivity contribution in [3.8, 4) is 16.9 Å². The summed E-state index contributed by atoms with van der Waals surface area (Å²) >= 11 is 0. The molecule has 80 valence electrons. The maximum atomic E-state index is 11.0. The molecule has 0 radical (unpaired) electrons. The van der Waals surface area contributed by atoms with Gasteiger partial charge in [-0.05, 0) is 11.6 Å². The Kier molecular flexibility index (Phi) is 2.55. The predicted molar refractivity (Wildman–Crippen MR) is 57.9 cm³/mol. The van der Waals surface area contributed by atoms with E-state index < -0.39 is 11.9 Å². The second kappa shape index (κ2) is 4.02. The van der Waals surface area contributed by atoms with Crippen LogP contribution in [0.4, 0.5) is 0 Å². The zero-order chi connectivity index (χ0) is 11.5. The van der Waals surface area contributed by atoms with Gasteiger partial charge in [0.05, 0.1) is 0 Å². The number of carbonyl (C=O) groups excluding carboxylic acids is 2. The third-order valence-electron chi connectivity index (χ3n) is 2.16. The van der Waals surface area contributed by atoms with Gasteiger partial charge in [-0.15, -0.1) is 0 Å². The molecule has 2 rings (SSSR count). The Balaban J connectivity index is 2.35. The Morgan fingerprint density at radius 2 is 1.75 bits per heavy atom. The summed E-state index contributed by atoms with van der Waals surface area (Å²) in [6, 6.07) is 12.7. The second-order valence-electron chi connectivity index (χ2n) is 3.23. The Morgan fingerprint density at radius 3 is 2.50 bits per heavy atom. The summed E-state index contributed by atoms with van der Waals surface area (Å²) in [6.45, 7) is 0. The molecule has 0 aromatic carbocycles. The number of ether oxygens (including phenoxy) is 1. The van der Waals surface area contributed by atoms with Gasteiger partial charge < -0.3 is 10.5 Å². The number of carbonyl (C=O) groups is 2. The van der Waals surface area contributed by atoms with Crippen molar-refractivity contribution in [1.29, 1.82) is 0 Å². The highest BCUT2D eigenvalue weighted by Crippen LogP contribution is 2.33. The Bertz CT molecular complexity index is 522. The lowest BCUT2D eigenvalue weighted by Gasteiger charge is -2.01. The molecule has 0 saturated carbocycles. The summed E-state index contributed by atoms with van der Waals surface area (Å²) in [4.78, 5) is 21.6. The van der Waals surface area contributed by atoms with E-state index in [0.29, 0.717) is 5.75 Å². The van der Waals surface area contributed by atoms with Crippen molar-refractivity contribution in [3.05, 3.63) is 42.5 Å². The van der Waals surface area contributed by atoms with Crippen LogP contribution in [0.2, 0.25) is 0 Å². The molecule has 4 heteroatoms. The summed E-state index contributed by atoms with van der Waals surface area (Å²) in [7, 11) is 0. The van der Waals surface area contributed by atoms with Gasteiger partial charge >= 0.3 is 11.9 Å². The number of rotatable bonds is 1. The van der Waals surface area contributed by atoms with Gasteiger partial charge in [0.25, 0.3) is 0 Å². The molecular weight excluding hydrogens is 206 g/mol. The first-order valence-electron chi connectivity index (χ1n) is 4.68. The van der Waals surface area contributed by atoms with E-state index in [1.54, 1.807) is 18.2 Å². The van der Waals surface area contributed by atoms with Crippen LogP contribution >= 0.6 is 0 Å². The predicted octanol–water partition coefficient (Wildman–Crippen LogP) is 1.18. The van der Waals surface area contributed by atoms with Crippen LogP contribution in [0.1, 0.15) is 0 Å². The van der Waals surface area contributed by atoms with Crippen LogP contribution in [0.5, 0.6) is 5.75 Å². The molecule has 0 saturated heterocycles. The van der Waals surface area contributed by atoms with E-state index in [-0.39, 0.29) is 0 Å². The van der Waals surface area contributed by atoms with Gasteiger partial charge in [0.2, 0.25) is 0 Å². The molecule has 0 unspecified atom stereocenters. The summed E-state index contributed by atoms with van der Waals surface area (Å²) in [5, 5.41) is 0. The van der Waals surface area contributed by atoms with Crippen molar-refractivity contribution < 1.29 is 14.3 Å². The Morgan fingerprint density at radius 1 is 1.00 bits per heavy atom. The largest absolute Gasteiger partial charge is 0.419 e. The van der Waals surface area contributed by atoms with E-state index in [9.17, 15) is 9.59 Å². The molecule has 0 atom stereocenters. The van der Waals surface area contributed by atoms with E-state index in [1.807, 2.05) is 24.3 Å². The highest BCUT2D eigenvalue weighted by molar-refractivity contribution is 6.32. The van der Waals surface area contributed by atoms with Crippen LogP contribution in [0.15, 0.2) is 42.5 Å². The van der Waals surface area contributed by atoms with Gasteiger partial charge in [0.1, 0.15) is 5.75 Å². The van der Waals surface area contributed by atoms with Gasteiger partial charge in [-0.2, -0.15) is 0 Å². The molecule has 4 nitrogen and oxygen atoms in total. The van der Waals surface area contributed by atoms with Gasteiger partial charge in [0, 0.05) is 5.56 Å². The third kappa shape index (κ3) is 1.86. The molecule has 0 aliphatic heterocycles. The summed E-state index contributed by atoms with van der Waals surface area (Å²) in [6.07, 6.45) is 0. The quantitative estimate of drug-likeness (QED) is 0.573. The van der Waals surface area contributed by atoms with E-state index >= 15 is 0 Å². The van der Waals surface area contributed by atoms with E-state index in [0.717, 1.165) is 11.1 Å². The first-order valence-corrected chi connectivity index (χ1v) is 4.68. The minimum absolute atomic E-state index is 0.343. The fraction of sp³-hybridized carbons (Fsp3) is 0. The lowest BCUT2D eigenvalue weighted by molar-refractivity contribution is -0.146. The van der Waals surface area contributed by atoms with Crippen molar-refractivity contribution in [2.45, 2.75) is 0 Å². The lowest BCUT2D eigenvalue weighted by atomic mass is 10.2. The number of hydrogen-bond acceptors (Lipinski definition) is 3. The monoisotopic (exact) mass is 215 g/mol. The molecular formula is C12H9NO3. The molecule has 1 amide bonds. The van der Waals surface area contributed by atoms with Gasteiger partial charge in [-0.25, -0.2) is 4.79 Å². The van der Waals surface area contributed by atoms with Crippen molar-refractivity contribution in [2.24, 2.45) is 5.73 Å². The fourth-order valence-electron chi connectivity index (χ4n) is 1.43. The van der Waals surface area contributed by atoms with Crippen LogP contribution in [0, 0.1) is 0 Å². The fourth-order valence-corrected chi connectivity index (χ4v) is 1.43. The molecule has 0 aromatic heterocycles. The van der Waals surface area contributed by atoms with Gasteiger partial charge in [-0.3, -0.25) is 4.79 Å². The summed E-state index contributed by atoms with van der Waals surface area (Å²) in [5.41, 5.74) is 6.50. The van der Waals surface area contributed by atoms with Gasteiger partial charge in [0.15, 0.2) is 0 Å². The lowest BCUT2D eigenvalue weighted by Crippen LogP contribution is -2.27. The minimum Gasteiger partial charge on any atom is -0.419 e. The molecule has 2 aliphatic rings. The van der Waals surface area contributed by atoms with E-state index in [2.05, 4.69) is 0 Å². The zero-order valence-electron chi connectivity index (χ0n) is 8.34. The number of fused-ring (bicyclic) bond motifs is 1. The number of hydrogen-bond donors (Lipinski definition) is 1. The van der Waals surface area contributed by atoms with Crippen LogP contribution < -0.4 is 10.5 Å². The van der Waals surface area contributed by atoms with Crippen molar-refractivity contribution in [2.75, 3.05) is 0 Å². The van der Waals surface area contributed by atoms with E-state index in [4.69, 9.17) is 10.5 Å². The molecule has 0 aromatic rings. The van der Waals surface area contributed by atoms with Crippen molar-refractivity contribution in [1.82, 2.24) is 0 Å². The average Bonchev–Trinajstić information content (AvgIpc) is 2.50. The maximum Gasteiger partial charge on any atom is 0.401 e. The summed E-state index contributed by atoms with van der Waals surface area (Å²) < 4.78 is 4.86. The first-order chi connectivity index (χ1) is 7.68. The van der Waals surface area contributed by atoms with Crippen LogP contribution in [0.25, 0.3) is 11.1 Å². The minimum atomic E-state index is -1.10. The summed E-state index contributed by atoms with van der Waals surface area (Å²) in [5.74, 6) is -1.82. The number of nitrogens with two attached hydrogens (primary N) is 1. The Labute approximate surface area is 92.0 Å². The van der Waals surface area contributed by atoms with E-state index in [1.165, 1.54) is 0 Å². The highest BCUT2D eigenvalue weighted by atomic mass is 16.5. The smallest absolute Gasteiger partial charge is 0.401 e. The van der Waals surface area contributed by atoms with Crippen molar-refractivity contribution in [3.63, 3.8) is 0 Å². The molecule has 16 heavy (non-hydrogen) atoms. The normalized spacial score (nSPS) is 10.0. The van der Waals surface area contributed by atoms with Gasteiger partial charge in [-0.1, -0.05) is 36.4 Å². The van der Waals surface area contributed by atoms with Crippen LogP contribution in [0.3, 0.4) is 0 Å². The molecule has 0 heterocycles. The standard InChI is InChI=1S/C12H9NO3/c13-11(14)12(15)16-10-7-6-8-4-2-1-3-5-9(8)10/h1-7H,(H2,13,14). The SMILES string of the molecule is NC(=O)C(=O)Oc1ccc2cccccc1-2. The third-order valence-corrected chi connectivity index (χ3v) is 2.16. The number of esters is 1. The van der Waals surface area contributed by atoms with Crippen molar-refractivity contribution >= 4 is 11.9 Å². The number of amides is 1. The number of primary amides is 1. The molecule has 0 fully saturated rings. The molecule has 2 aliphatic carbocycles. The molecule has 0 bridgehead atoms. The molecule has 0 spiro atoms. The first kappa shape index (κ1) is 10.2. The average molecular weight is 215 g/mol. The highest BCUT2D eigenvalue weighted by Gasteiger charge is 2.16. The second-order valence-corrected chi connectivity index (χ2v) is 3.23. The Hall–Kier alpha value is -2.36. The topological polar surface area (TPSA) is 69.4 Å². The van der Waals surface area contributed by atoms with Crippen LogP contribution in [-0.4, -0.2) is 11.9 Å². The zero-order valence-corrected chi connectivity index (χ0v) is 8.34.